The molecule has 1 aromatic heterocycles. The number of aromatic nitrogens is 1. The second kappa shape index (κ2) is 8.39. The summed E-state index contributed by atoms with van der Waals surface area (Å²) in [6.45, 7) is 0.0610. The molecule has 1 unspecified atom stereocenters. The van der Waals surface area contributed by atoms with E-state index in [9.17, 15) is 19.1 Å². The van der Waals surface area contributed by atoms with Gasteiger partial charge in [-0.3, -0.25) is 14.6 Å². The van der Waals surface area contributed by atoms with Crippen LogP contribution in [-0.4, -0.2) is 33.8 Å². The summed E-state index contributed by atoms with van der Waals surface area (Å²) >= 11 is 0. The Hall–Kier alpha value is -4.00. The maximum absolute atomic E-state index is 14.8. The summed E-state index contributed by atoms with van der Waals surface area (Å²) in [7, 11) is 1.51. The van der Waals surface area contributed by atoms with Crippen molar-refractivity contribution >= 4 is 17.4 Å². The molecule has 1 amide bonds. The van der Waals surface area contributed by atoms with Gasteiger partial charge in [-0.05, 0) is 48.0 Å². The van der Waals surface area contributed by atoms with Gasteiger partial charge in [0.2, 0.25) is 0 Å². The molecule has 156 valence electrons. The Morgan fingerprint density at radius 3 is 2.39 bits per heavy atom. The molecule has 1 aliphatic heterocycles. The number of carbonyl (C=O) groups excluding carboxylic acids is 2. The van der Waals surface area contributed by atoms with Gasteiger partial charge in [0.05, 0.1) is 18.7 Å². The number of hydrogen-bond donors (Lipinski definition) is 1. The number of benzene rings is 2. The smallest absolute Gasteiger partial charge is 0.295 e. The lowest BCUT2D eigenvalue weighted by molar-refractivity contribution is -0.140. The highest BCUT2D eigenvalue weighted by atomic mass is 19.1. The molecule has 2 aromatic carbocycles. The number of hydrogen-bond acceptors (Lipinski definition) is 5. The van der Waals surface area contributed by atoms with Crippen molar-refractivity contribution in [2.45, 2.75) is 12.6 Å². The third-order valence-corrected chi connectivity index (χ3v) is 5.21. The highest BCUT2D eigenvalue weighted by Gasteiger charge is 2.46. The molecular formula is C24H19FN2O4. The highest BCUT2D eigenvalue weighted by molar-refractivity contribution is 6.46. The second-order valence-corrected chi connectivity index (χ2v) is 7.03. The van der Waals surface area contributed by atoms with Gasteiger partial charge in [-0.1, -0.05) is 18.2 Å². The summed E-state index contributed by atoms with van der Waals surface area (Å²) in [5.74, 6) is -2.04. The van der Waals surface area contributed by atoms with E-state index in [-0.39, 0.29) is 23.4 Å². The van der Waals surface area contributed by atoms with E-state index < -0.39 is 23.5 Å². The topological polar surface area (TPSA) is 79.7 Å². The van der Waals surface area contributed by atoms with Gasteiger partial charge in [-0.25, -0.2) is 4.39 Å². The van der Waals surface area contributed by atoms with Crippen molar-refractivity contribution in [3.63, 3.8) is 0 Å². The Labute approximate surface area is 178 Å². The molecule has 0 aliphatic carbocycles. The van der Waals surface area contributed by atoms with Crippen molar-refractivity contribution in [1.82, 2.24) is 9.88 Å². The molecule has 4 rings (SSSR count). The standard InChI is InChI=1S/C24H19FN2O4/c1-31-17-8-6-16(7-9-17)22(28)20-21(18-4-2-3-5-19(18)25)27(24(30)23(20)29)14-15-10-12-26-13-11-15/h2-13,21,28H,14H2,1H3. The zero-order valence-electron chi connectivity index (χ0n) is 16.7. The third-order valence-electron chi connectivity index (χ3n) is 5.21. The first-order valence-electron chi connectivity index (χ1n) is 9.57. The monoisotopic (exact) mass is 418 g/mol. The Morgan fingerprint density at radius 1 is 1.06 bits per heavy atom. The summed E-state index contributed by atoms with van der Waals surface area (Å²) in [5, 5.41) is 11.0. The fraction of sp³-hybridized carbons (Fsp3) is 0.125. The van der Waals surface area contributed by atoms with Crippen molar-refractivity contribution in [3.05, 3.63) is 101 Å². The van der Waals surface area contributed by atoms with Gasteiger partial charge < -0.3 is 14.7 Å². The Morgan fingerprint density at radius 2 is 1.74 bits per heavy atom. The van der Waals surface area contributed by atoms with Crippen molar-refractivity contribution in [2.24, 2.45) is 0 Å². The number of nitrogens with zero attached hydrogens (tertiary/aromatic N) is 2. The first kappa shape index (κ1) is 20.3. The number of ether oxygens (including phenoxy) is 1. The normalized spacial score (nSPS) is 17.7. The lowest BCUT2D eigenvalue weighted by Crippen LogP contribution is -2.29. The molecule has 7 heteroatoms. The van der Waals surface area contributed by atoms with Crippen LogP contribution >= 0.6 is 0 Å². The molecule has 1 fully saturated rings. The fourth-order valence-corrected chi connectivity index (χ4v) is 3.65. The van der Waals surface area contributed by atoms with E-state index in [2.05, 4.69) is 4.98 Å². The molecule has 3 aromatic rings. The molecule has 6 nitrogen and oxygen atoms in total. The number of carbonyl (C=O) groups is 2. The van der Waals surface area contributed by atoms with Crippen LogP contribution in [0.3, 0.4) is 0 Å². The summed E-state index contributed by atoms with van der Waals surface area (Å²) in [6.07, 6.45) is 3.14. The lowest BCUT2D eigenvalue weighted by Gasteiger charge is -2.25. The van der Waals surface area contributed by atoms with Crippen molar-refractivity contribution in [1.29, 1.82) is 0 Å². The SMILES string of the molecule is COc1ccc(C(O)=C2C(=O)C(=O)N(Cc3ccncc3)C2c2ccccc2F)cc1. The molecule has 0 bridgehead atoms. The van der Waals surface area contributed by atoms with Crippen LogP contribution in [0, 0.1) is 5.82 Å². The molecular weight excluding hydrogens is 399 g/mol. The van der Waals surface area contributed by atoms with Crippen LogP contribution in [0.5, 0.6) is 5.75 Å². The molecule has 0 saturated carbocycles. The molecule has 1 saturated heterocycles. The van der Waals surface area contributed by atoms with Gasteiger partial charge in [-0.2, -0.15) is 0 Å². The van der Waals surface area contributed by atoms with Crippen LogP contribution < -0.4 is 4.74 Å². The number of halogens is 1. The van der Waals surface area contributed by atoms with Gasteiger partial charge in [0.15, 0.2) is 0 Å². The van der Waals surface area contributed by atoms with Crippen LogP contribution in [0.4, 0.5) is 4.39 Å². The summed E-state index contributed by atoms with van der Waals surface area (Å²) in [5.41, 5.74) is 1.02. The zero-order valence-corrected chi connectivity index (χ0v) is 16.7. The third kappa shape index (κ3) is 3.77. The van der Waals surface area contributed by atoms with Crippen LogP contribution in [0.1, 0.15) is 22.7 Å². The minimum absolute atomic E-state index is 0.0610. The van der Waals surface area contributed by atoms with Crippen LogP contribution in [0.25, 0.3) is 5.76 Å². The quantitative estimate of drug-likeness (QED) is 0.387. The summed E-state index contributed by atoms with van der Waals surface area (Å²) < 4.78 is 19.9. The van der Waals surface area contributed by atoms with Crippen molar-refractivity contribution in [3.8, 4) is 5.75 Å². The first-order valence-corrected chi connectivity index (χ1v) is 9.57. The maximum Gasteiger partial charge on any atom is 0.295 e. The minimum Gasteiger partial charge on any atom is -0.507 e. The maximum atomic E-state index is 14.8. The predicted molar refractivity (Wildman–Crippen MR) is 111 cm³/mol. The van der Waals surface area contributed by atoms with E-state index in [1.54, 1.807) is 54.9 Å². The van der Waals surface area contributed by atoms with Crippen molar-refractivity contribution in [2.75, 3.05) is 7.11 Å². The number of Topliss-reactive ketones (excluding diaryl/α,β-unsaturated/α-hetero) is 1. The zero-order chi connectivity index (χ0) is 22.0. The molecule has 0 radical (unpaired) electrons. The van der Waals surface area contributed by atoms with Gasteiger partial charge in [0.25, 0.3) is 11.7 Å². The van der Waals surface area contributed by atoms with E-state index in [1.807, 2.05) is 0 Å². The van der Waals surface area contributed by atoms with E-state index in [1.165, 1.54) is 30.2 Å². The number of rotatable bonds is 5. The Bertz CT molecular complexity index is 1160. The van der Waals surface area contributed by atoms with Gasteiger partial charge in [0, 0.05) is 30.1 Å². The van der Waals surface area contributed by atoms with E-state index in [4.69, 9.17) is 4.74 Å². The number of amides is 1. The largest absolute Gasteiger partial charge is 0.507 e. The molecule has 31 heavy (non-hydrogen) atoms. The van der Waals surface area contributed by atoms with E-state index >= 15 is 0 Å². The van der Waals surface area contributed by atoms with E-state index in [0.29, 0.717) is 11.3 Å². The Balaban J connectivity index is 1.86. The summed E-state index contributed by atoms with van der Waals surface area (Å²) in [6, 6.07) is 14.7. The van der Waals surface area contributed by atoms with Crippen LogP contribution in [0.15, 0.2) is 78.6 Å². The van der Waals surface area contributed by atoms with Crippen LogP contribution in [-0.2, 0) is 16.1 Å². The van der Waals surface area contributed by atoms with Crippen LogP contribution in [0.2, 0.25) is 0 Å². The first-order chi connectivity index (χ1) is 15.0. The lowest BCUT2D eigenvalue weighted by atomic mass is 9.94. The molecule has 2 heterocycles. The molecule has 1 aliphatic rings. The Kier molecular flexibility index (Phi) is 5.49. The van der Waals surface area contributed by atoms with Gasteiger partial charge >= 0.3 is 0 Å². The number of pyridine rings is 1. The van der Waals surface area contributed by atoms with Gasteiger partial charge in [0.1, 0.15) is 17.3 Å². The number of likely N-dealkylation sites (tertiary alicyclic amines) is 1. The number of ketones is 1. The number of methoxy groups -OCH3 is 1. The molecule has 0 spiro atoms. The fourth-order valence-electron chi connectivity index (χ4n) is 3.65. The minimum atomic E-state index is -1.07. The number of aliphatic hydroxyl groups is 1. The van der Waals surface area contributed by atoms with Crippen molar-refractivity contribution < 1.29 is 23.8 Å². The molecule has 1 N–H and O–H groups in total. The average Bonchev–Trinajstić information content (AvgIpc) is 3.04. The summed E-state index contributed by atoms with van der Waals surface area (Å²) in [4.78, 5) is 31.1. The second-order valence-electron chi connectivity index (χ2n) is 7.03. The predicted octanol–water partition coefficient (Wildman–Crippen LogP) is 3.85. The van der Waals surface area contributed by atoms with E-state index in [0.717, 1.165) is 5.56 Å². The highest BCUT2D eigenvalue weighted by Crippen LogP contribution is 2.41. The van der Waals surface area contributed by atoms with Gasteiger partial charge in [-0.15, -0.1) is 0 Å². The average molecular weight is 418 g/mol. The molecule has 1 atom stereocenters. The number of aliphatic hydroxyl groups excluding tert-OH is 1.